The van der Waals surface area contributed by atoms with E-state index in [1.807, 2.05) is 0 Å². The lowest BCUT2D eigenvalue weighted by atomic mass is 10.2. The van der Waals surface area contributed by atoms with Crippen LogP contribution in [0, 0.1) is 0 Å². The molecule has 0 bridgehead atoms. The van der Waals surface area contributed by atoms with Crippen molar-refractivity contribution in [3.63, 3.8) is 0 Å². The van der Waals surface area contributed by atoms with Crippen LogP contribution >= 0.6 is 23.2 Å². The number of amides is 1. The summed E-state index contributed by atoms with van der Waals surface area (Å²) in [6.07, 6.45) is 1.46. The highest BCUT2D eigenvalue weighted by atomic mass is 35.5. The second kappa shape index (κ2) is 7.83. The van der Waals surface area contributed by atoms with Gasteiger partial charge in [-0.15, -0.1) is 0 Å². The minimum atomic E-state index is -3.52. The lowest BCUT2D eigenvalue weighted by Gasteiger charge is -2.08. The zero-order valence-corrected chi connectivity index (χ0v) is 14.2. The molecule has 0 saturated heterocycles. The second-order valence-electron chi connectivity index (χ2n) is 4.60. The highest BCUT2D eigenvalue weighted by Crippen LogP contribution is 2.22. The summed E-state index contributed by atoms with van der Waals surface area (Å²) in [6.45, 7) is 0.0304. The second-order valence-corrected chi connectivity index (χ2v) is 7.34. The molecule has 6 nitrogen and oxygen atoms in total. The number of carbonyl (C=O) groups is 1. The molecule has 2 aromatic rings. The van der Waals surface area contributed by atoms with Crippen molar-refractivity contribution in [2.45, 2.75) is 6.54 Å². The number of sulfonamides is 1. The number of hydrogen-bond donors (Lipinski definition) is 2. The SMILES string of the molecule is O=C(NCCS(=O)(=O)NCc1ccco1)c1ccc(Cl)c(Cl)c1. The highest BCUT2D eigenvalue weighted by Gasteiger charge is 2.13. The summed E-state index contributed by atoms with van der Waals surface area (Å²) in [5.74, 6) is -0.168. The summed E-state index contributed by atoms with van der Waals surface area (Å²) < 4.78 is 31.0. The van der Waals surface area contributed by atoms with Crippen molar-refractivity contribution in [2.24, 2.45) is 0 Å². The Bertz CT molecular complexity index is 776. The molecule has 0 spiro atoms. The molecule has 2 rings (SSSR count). The largest absolute Gasteiger partial charge is 0.468 e. The van der Waals surface area contributed by atoms with Gasteiger partial charge in [0.05, 0.1) is 28.6 Å². The van der Waals surface area contributed by atoms with Gasteiger partial charge in [-0.3, -0.25) is 4.79 Å². The number of hydrogen-bond acceptors (Lipinski definition) is 4. The maximum absolute atomic E-state index is 11.9. The van der Waals surface area contributed by atoms with Crippen LogP contribution in [0.15, 0.2) is 41.0 Å². The molecule has 0 unspecified atom stereocenters. The summed E-state index contributed by atoms with van der Waals surface area (Å²) in [7, 11) is -3.52. The van der Waals surface area contributed by atoms with Crippen molar-refractivity contribution in [2.75, 3.05) is 12.3 Å². The molecular formula is C14H14Cl2N2O4S. The van der Waals surface area contributed by atoms with Crippen LogP contribution in [0.3, 0.4) is 0 Å². The van der Waals surface area contributed by atoms with Crippen LogP contribution in [-0.2, 0) is 16.6 Å². The van der Waals surface area contributed by atoms with Crippen molar-refractivity contribution in [1.82, 2.24) is 10.0 Å². The number of furan rings is 1. The molecule has 0 aliphatic rings. The third kappa shape index (κ3) is 5.54. The molecule has 0 aliphatic heterocycles. The van der Waals surface area contributed by atoms with Crippen LogP contribution in [-0.4, -0.2) is 26.6 Å². The fourth-order valence-electron chi connectivity index (χ4n) is 1.70. The van der Waals surface area contributed by atoms with Gasteiger partial charge < -0.3 is 9.73 Å². The highest BCUT2D eigenvalue weighted by molar-refractivity contribution is 7.89. The number of carbonyl (C=O) groups excluding carboxylic acids is 1. The van der Waals surface area contributed by atoms with Gasteiger partial charge >= 0.3 is 0 Å². The zero-order chi connectivity index (χ0) is 16.9. The smallest absolute Gasteiger partial charge is 0.251 e. The molecule has 0 fully saturated rings. The first-order valence-electron chi connectivity index (χ1n) is 6.60. The van der Waals surface area contributed by atoms with E-state index >= 15 is 0 Å². The quantitative estimate of drug-likeness (QED) is 0.776. The maximum atomic E-state index is 11.9. The van der Waals surface area contributed by atoms with Crippen LogP contribution in [0.4, 0.5) is 0 Å². The molecule has 1 aromatic carbocycles. The Labute approximate surface area is 143 Å². The van der Waals surface area contributed by atoms with Crippen molar-refractivity contribution in [1.29, 1.82) is 0 Å². The Balaban J connectivity index is 1.81. The van der Waals surface area contributed by atoms with E-state index in [1.54, 1.807) is 12.1 Å². The van der Waals surface area contributed by atoms with Gasteiger partial charge in [-0.25, -0.2) is 13.1 Å². The Kier molecular flexibility index (Phi) is 6.06. The van der Waals surface area contributed by atoms with E-state index in [0.29, 0.717) is 16.3 Å². The molecular weight excluding hydrogens is 363 g/mol. The van der Waals surface area contributed by atoms with Gasteiger partial charge in [-0.05, 0) is 30.3 Å². The molecule has 0 saturated carbocycles. The minimum absolute atomic E-state index is 0.0352. The third-order valence-electron chi connectivity index (χ3n) is 2.88. The first kappa shape index (κ1) is 17.8. The number of nitrogens with one attached hydrogen (secondary N) is 2. The van der Waals surface area contributed by atoms with E-state index in [-0.39, 0.29) is 23.9 Å². The molecule has 1 aromatic heterocycles. The average Bonchev–Trinajstić information content (AvgIpc) is 3.01. The van der Waals surface area contributed by atoms with Crippen LogP contribution in [0.2, 0.25) is 10.0 Å². The van der Waals surface area contributed by atoms with E-state index in [0.717, 1.165) is 0 Å². The Morgan fingerprint density at radius 3 is 2.61 bits per heavy atom. The molecule has 9 heteroatoms. The molecule has 0 aliphatic carbocycles. The van der Waals surface area contributed by atoms with E-state index < -0.39 is 15.9 Å². The van der Waals surface area contributed by atoms with Crippen LogP contribution in [0.5, 0.6) is 0 Å². The third-order valence-corrected chi connectivity index (χ3v) is 4.95. The number of benzene rings is 1. The topological polar surface area (TPSA) is 88.4 Å². The van der Waals surface area contributed by atoms with Crippen molar-refractivity contribution >= 4 is 39.1 Å². The minimum Gasteiger partial charge on any atom is -0.468 e. The van der Waals surface area contributed by atoms with E-state index in [1.165, 1.54) is 24.5 Å². The molecule has 1 heterocycles. The standard InChI is InChI=1S/C14H14Cl2N2O4S/c15-12-4-3-10(8-13(12)16)14(19)17-5-7-23(20,21)18-9-11-2-1-6-22-11/h1-4,6,8,18H,5,7,9H2,(H,17,19). The first-order valence-corrected chi connectivity index (χ1v) is 9.01. The van der Waals surface area contributed by atoms with Gasteiger partial charge in [0.15, 0.2) is 0 Å². The number of rotatable bonds is 7. The molecule has 2 N–H and O–H groups in total. The van der Waals surface area contributed by atoms with Gasteiger partial charge in [0.1, 0.15) is 5.76 Å². The van der Waals surface area contributed by atoms with Gasteiger partial charge in [0, 0.05) is 12.1 Å². The predicted octanol–water partition coefficient (Wildman–Crippen LogP) is 2.44. The fraction of sp³-hybridized carbons (Fsp3) is 0.214. The van der Waals surface area contributed by atoms with Crippen molar-refractivity contribution < 1.29 is 17.6 Å². The van der Waals surface area contributed by atoms with Crippen LogP contribution < -0.4 is 10.0 Å². The summed E-state index contributed by atoms with van der Waals surface area (Å²) in [5, 5.41) is 3.11. The lowest BCUT2D eigenvalue weighted by Crippen LogP contribution is -2.34. The molecule has 0 atom stereocenters. The van der Waals surface area contributed by atoms with Crippen LogP contribution in [0.1, 0.15) is 16.1 Å². The molecule has 0 radical (unpaired) electrons. The van der Waals surface area contributed by atoms with Crippen molar-refractivity contribution in [3.8, 4) is 0 Å². The summed E-state index contributed by atoms with van der Waals surface area (Å²) in [6, 6.07) is 7.76. The van der Waals surface area contributed by atoms with Crippen LogP contribution in [0.25, 0.3) is 0 Å². The fourth-order valence-corrected chi connectivity index (χ4v) is 2.88. The average molecular weight is 377 g/mol. The number of halogens is 2. The molecule has 1 amide bonds. The van der Waals surface area contributed by atoms with E-state index in [4.69, 9.17) is 27.6 Å². The van der Waals surface area contributed by atoms with Crippen molar-refractivity contribution in [3.05, 3.63) is 58.0 Å². The van der Waals surface area contributed by atoms with Gasteiger partial charge in [-0.1, -0.05) is 23.2 Å². The van der Waals surface area contributed by atoms with Gasteiger partial charge in [-0.2, -0.15) is 0 Å². The normalized spacial score (nSPS) is 11.4. The van der Waals surface area contributed by atoms with Gasteiger partial charge in [0.2, 0.25) is 10.0 Å². The van der Waals surface area contributed by atoms with E-state index in [2.05, 4.69) is 10.0 Å². The van der Waals surface area contributed by atoms with E-state index in [9.17, 15) is 13.2 Å². The first-order chi connectivity index (χ1) is 10.9. The van der Waals surface area contributed by atoms with Gasteiger partial charge in [0.25, 0.3) is 5.91 Å². The zero-order valence-electron chi connectivity index (χ0n) is 11.9. The summed E-state index contributed by atoms with van der Waals surface area (Å²) in [5.41, 5.74) is 0.306. The lowest BCUT2D eigenvalue weighted by molar-refractivity contribution is 0.0956. The Morgan fingerprint density at radius 1 is 1.17 bits per heavy atom. The summed E-state index contributed by atoms with van der Waals surface area (Å²) >= 11 is 11.6. The monoisotopic (exact) mass is 376 g/mol. The maximum Gasteiger partial charge on any atom is 0.251 e. The summed E-state index contributed by atoms with van der Waals surface area (Å²) in [4.78, 5) is 11.9. The Hall–Kier alpha value is -1.54. The molecule has 124 valence electrons. The molecule has 23 heavy (non-hydrogen) atoms. The Morgan fingerprint density at radius 2 is 1.96 bits per heavy atom. The predicted molar refractivity (Wildman–Crippen MR) is 88.1 cm³/mol.